The van der Waals surface area contributed by atoms with Crippen LogP contribution in [0.15, 0.2) is 53.1 Å². The Balaban J connectivity index is 2.00. The monoisotopic (exact) mass is 333 g/mol. The van der Waals surface area contributed by atoms with E-state index < -0.39 is 0 Å². The van der Waals surface area contributed by atoms with E-state index in [0.29, 0.717) is 11.0 Å². The molecule has 2 aromatic carbocycles. The zero-order valence-corrected chi connectivity index (χ0v) is 12.5. The van der Waals surface area contributed by atoms with Gasteiger partial charge in [0.2, 0.25) is 0 Å². The molecule has 0 N–H and O–H groups in total. The van der Waals surface area contributed by atoms with Crippen LogP contribution in [0.1, 0.15) is 5.56 Å². The summed E-state index contributed by atoms with van der Waals surface area (Å²) in [6.07, 6.45) is 2.02. The van der Waals surface area contributed by atoms with Gasteiger partial charge in [-0.1, -0.05) is 12.1 Å². The van der Waals surface area contributed by atoms with Crippen molar-refractivity contribution in [2.24, 2.45) is 0 Å². The third kappa shape index (κ3) is 2.31. The number of hydrogen-bond acceptors (Lipinski definition) is 1. The maximum absolute atomic E-state index is 13.3. The zero-order chi connectivity index (χ0) is 14.1. The van der Waals surface area contributed by atoms with Gasteiger partial charge in [-0.2, -0.15) is 0 Å². The maximum Gasteiger partial charge on any atom is 0.137 e. The number of ether oxygens (including phenoxy) is 1. The Morgan fingerprint density at radius 2 is 2.05 bits per heavy atom. The number of rotatable bonds is 3. The molecule has 102 valence electrons. The largest absolute Gasteiger partial charge is 0.496 e. The minimum absolute atomic E-state index is 0.243. The summed E-state index contributed by atoms with van der Waals surface area (Å²) < 4.78 is 21.2. The second-order valence-electron chi connectivity index (χ2n) is 4.59. The lowest BCUT2D eigenvalue weighted by atomic mass is 10.2. The fraction of sp³-hybridized carbons (Fsp3) is 0.125. The number of methoxy groups -OCH3 is 1. The van der Waals surface area contributed by atoms with Gasteiger partial charge < -0.3 is 9.30 Å². The molecule has 0 saturated carbocycles. The van der Waals surface area contributed by atoms with Crippen molar-refractivity contribution >= 4 is 26.8 Å². The topological polar surface area (TPSA) is 14.2 Å². The van der Waals surface area contributed by atoms with Crippen molar-refractivity contribution in [1.82, 2.24) is 4.57 Å². The molecule has 0 fully saturated rings. The first-order valence-electron chi connectivity index (χ1n) is 6.25. The molecule has 0 saturated heterocycles. The molecule has 0 atom stereocenters. The molecule has 4 heteroatoms. The van der Waals surface area contributed by atoms with Gasteiger partial charge in [0, 0.05) is 18.1 Å². The third-order valence-electron chi connectivity index (χ3n) is 3.33. The summed E-state index contributed by atoms with van der Waals surface area (Å²) >= 11 is 3.22. The minimum Gasteiger partial charge on any atom is -0.496 e. The highest BCUT2D eigenvalue weighted by Crippen LogP contribution is 2.27. The normalized spacial score (nSPS) is 10.9. The zero-order valence-electron chi connectivity index (χ0n) is 10.9. The van der Waals surface area contributed by atoms with Crippen molar-refractivity contribution < 1.29 is 9.13 Å². The Hall–Kier alpha value is -1.81. The number of halogens is 2. The van der Waals surface area contributed by atoms with Crippen LogP contribution in [0.4, 0.5) is 4.39 Å². The predicted molar refractivity (Wildman–Crippen MR) is 81.7 cm³/mol. The van der Waals surface area contributed by atoms with E-state index in [2.05, 4.69) is 26.6 Å². The fourth-order valence-electron chi connectivity index (χ4n) is 2.35. The summed E-state index contributed by atoms with van der Waals surface area (Å²) in [5.74, 6) is 0.620. The highest BCUT2D eigenvalue weighted by atomic mass is 79.9. The van der Waals surface area contributed by atoms with Crippen molar-refractivity contribution in [2.75, 3.05) is 7.11 Å². The van der Waals surface area contributed by atoms with E-state index in [1.165, 1.54) is 6.07 Å². The van der Waals surface area contributed by atoms with E-state index in [0.717, 1.165) is 22.2 Å². The molecular weight excluding hydrogens is 321 g/mol. The second-order valence-corrected chi connectivity index (χ2v) is 5.44. The van der Waals surface area contributed by atoms with Gasteiger partial charge >= 0.3 is 0 Å². The van der Waals surface area contributed by atoms with Crippen molar-refractivity contribution in [3.63, 3.8) is 0 Å². The lowest BCUT2D eigenvalue weighted by molar-refractivity contribution is 0.420. The molecule has 0 unspecified atom stereocenters. The van der Waals surface area contributed by atoms with Crippen LogP contribution >= 0.6 is 15.9 Å². The first-order chi connectivity index (χ1) is 9.69. The highest BCUT2D eigenvalue weighted by Gasteiger charge is 2.07. The van der Waals surface area contributed by atoms with Crippen LogP contribution in [0, 0.1) is 5.82 Å². The average Bonchev–Trinajstić information content (AvgIpc) is 2.86. The van der Waals surface area contributed by atoms with Crippen molar-refractivity contribution in [3.8, 4) is 5.75 Å². The molecule has 1 aromatic heterocycles. The van der Waals surface area contributed by atoms with Gasteiger partial charge in [0.1, 0.15) is 11.6 Å². The van der Waals surface area contributed by atoms with E-state index in [1.54, 1.807) is 19.2 Å². The van der Waals surface area contributed by atoms with Crippen LogP contribution in [0.5, 0.6) is 5.75 Å². The van der Waals surface area contributed by atoms with Crippen LogP contribution in [0.2, 0.25) is 0 Å². The van der Waals surface area contributed by atoms with Gasteiger partial charge in [-0.3, -0.25) is 0 Å². The van der Waals surface area contributed by atoms with E-state index in [9.17, 15) is 4.39 Å². The Morgan fingerprint density at radius 3 is 2.80 bits per heavy atom. The van der Waals surface area contributed by atoms with Gasteiger partial charge in [-0.25, -0.2) is 4.39 Å². The average molecular weight is 334 g/mol. The molecule has 3 rings (SSSR count). The summed E-state index contributed by atoms with van der Waals surface area (Å²) in [6.45, 7) is 0.690. The smallest absolute Gasteiger partial charge is 0.137 e. The summed E-state index contributed by atoms with van der Waals surface area (Å²) in [7, 11) is 1.67. The van der Waals surface area contributed by atoms with Crippen molar-refractivity contribution in [3.05, 3.63) is 64.5 Å². The summed E-state index contributed by atoms with van der Waals surface area (Å²) in [5, 5.41) is 1.08. The predicted octanol–water partition coefficient (Wildman–Crippen LogP) is 4.60. The molecule has 0 aliphatic rings. The molecule has 0 aliphatic carbocycles. The molecular formula is C16H13BrFNO. The summed E-state index contributed by atoms with van der Waals surface area (Å²) in [4.78, 5) is 0. The molecule has 1 heterocycles. The lowest BCUT2D eigenvalue weighted by Crippen LogP contribution is -1.98. The van der Waals surface area contributed by atoms with Gasteiger partial charge in [0.25, 0.3) is 0 Å². The first kappa shape index (κ1) is 13.2. The third-order valence-corrected chi connectivity index (χ3v) is 3.94. The van der Waals surface area contributed by atoms with Crippen LogP contribution in [-0.4, -0.2) is 11.7 Å². The maximum atomic E-state index is 13.3. The Kier molecular flexibility index (Phi) is 3.49. The number of fused-ring (bicyclic) bond motifs is 1. The van der Waals surface area contributed by atoms with E-state index in [-0.39, 0.29) is 5.82 Å². The van der Waals surface area contributed by atoms with Gasteiger partial charge in [0.05, 0.1) is 17.1 Å². The fourth-order valence-corrected chi connectivity index (χ4v) is 2.77. The second kappa shape index (κ2) is 5.29. The molecule has 3 aromatic rings. The SMILES string of the molecule is COc1cccc2c1ccn2Cc1ccc(F)c(Br)c1. The highest BCUT2D eigenvalue weighted by molar-refractivity contribution is 9.10. The summed E-state index contributed by atoms with van der Waals surface area (Å²) in [6, 6.07) is 13.1. The van der Waals surface area contributed by atoms with Gasteiger partial charge in [-0.15, -0.1) is 0 Å². The van der Waals surface area contributed by atoms with Gasteiger partial charge in [0.15, 0.2) is 0 Å². The van der Waals surface area contributed by atoms with E-state index in [1.807, 2.05) is 24.4 Å². The molecule has 0 aliphatic heterocycles. The quantitative estimate of drug-likeness (QED) is 0.683. The molecule has 0 radical (unpaired) electrons. The van der Waals surface area contributed by atoms with Crippen molar-refractivity contribution in [1.29, 1.82) is 0 Å². The van der Waals surface area contributed by atoms with Gasteiger partial charge in [-0.05, 0) is 51.8 Å². The Bertz CT molecular complexity index is 766. The molecule has 2 nitrogen and oxygen atoms in total. The Labute approximate surface area is 124 Å². The lowest BCUT2D eigenvalue weighted by Gasteiger charge is -2.08. The number of nitrogens with zero attached hydrogens (tertiary/aromatic N) is 1. The van der Waals surface area contributed by atoms with Crippen molar-refractivity contribution in [2.45, 2.75) is 6.54 Å². The molecule has 0 bridgehead atoms. The van der Waals surface area contributed by atoms with Crippen LogP contribution < -0.4 is 4.74 Å². The van der Waals surface area contributed by atoms with Crippen LogP contribution in [0.25, 0.3) is 10.9 Å². The first-order valence-corrected chi connectivity index (χ1v) is 7.04. The minimum atomic E-state index is -0.243. The van der Waals surface area contributed by atoms with Crippen LogP contribution in [-0.2, 0) is 6.54 Å². The van der Waals surface area contributed by atoms with Crippen LogP contribution in [0.3, 0.4) is 0 Å². The molecule has 0 amide bonds. The number of benzene rings is 2. The molecule has 20 heavy (non-hydrogen) atoms. The van der Waals surface area contributed by atoms with E-state index in [4.69, 9.17) is 4.74 Å². The molecule has 0 spiro atoms. The number of hydrogen-bond donors (Lipinski definition) is 0. The van der Waals surface area contributed by atoms with E-state index >= 15 is 0 Å². The Morgan fingerprint density at radius 1 is 1.20 bits per heavy atom. The number of aromatic nitrogens is 1. The standard InChI is InChI=1S/C16H13BrFNO/c1-20-16-4-2-3-15-12(16)7-8-19(15)10-11-5-6-14(18)13(17)9-11/h2-9H,10H2,1H3. The summed E-state index contributed by atoms with van der Waals surface area (Å²) in [5.41, 5.74) is 2.14.